The Hall–Kier alpha value is -1.85. The van der Waals surface area contributed by atoms with E-state index in [0.29, 0.717) is 5.92 Å². The number of esters is 1. The second-order valence-corrected chi connectivity index (χ2v) is 9.30. The Balaban J connectivity index is 5.39. The minimum absolute atomic E-state index is 0.251. The van der Waals surface area contributed by atoms with E-state index < -0.39 is 29.9 Å². The van der Waals surface area contributed by atoms with Crippen LogP contribution in [0.25, 0.3) is 0 Å². The molecule has 186 valence electrons. The average molecular weight is 455 g/mol. The molecule has 2 N–H and O–H groups in total. The van der Waals surface area contributed by atoms with Crippen molar-refractivity contribution in [1.29, 1.82) is 0 Å². The van der Waals surface area contributed by atoms with Gasteiger partial charge in [-0.15, -0.1) is 0 Å². The van der Waals surface area contributed by atoms with E-state index in [1.165, 1.54) is 25.7 Å². The first-order valence-electron chi connectivity index (χ1n) is 12.6. The second kappa shape index (κ2) is 18.7. The van der Waals surface area contributed by atoms with Gasteiger partial charge in [0.2, 0.25) is 0 Å². The van der Waals surface area contributed by atoms with Crippen molar-refractivity contribution < 1.29 is 29.3 Å². The quantitative estimate of drug-likeness (QED) is 0.120. The highest BCUT2D eigenvalue weighted by atomic mass is 16.5. The molecule has 6 heteroatoms. The van der Waals surface area contributed by atoms with Crippen LogP contribution in [0.5, 0.6) is 0 Å². The zero-order valence-corrected chi connectivity index (χ0v) is 20.7. The molecule has 0 aliphatic rings. The number of carbonyl (C=O) groups is 3. The van der Waals surface area contributed by atoms with Crippen molar-refractivity contribution in [2.45, 2.75) is 124 Å². The normalized spacial score (nSPS) is 12.9. The minimum atomic E-state index is -1.41. The Morgan fingerprint density at radius 2 is 1.34 bits per heavy atom. The van der Waals surface area contributed by atoms with Gasteiger partial charge in [0.1, 0.15) is 6.10 Å². The molecule has 0 aliphatic heterocycles. The first-order chi connectivity index (χ1) is 15.2. The zero-order valence-electron chi connectivity index (χ0n) is 20.7. The van der Waals surface area contributed by atoms with Crippen molar-refractivity contribution in [3.05, 3.63) is 11.6 Å². The SMILES string of the molecule is CCCCCCC(CCCCCC)C(CCCC(C)C)OC(=O)C=C(CC(=O)O)C(=O)O. The summed E-state index contributed by atoms with van der Waals surface area (Å²) in [4.78, 5) is 34.8. The van der Waals surface area contributed by atoms with Gasteiger partial charge < -0.3 is 14.9 Å². The van der Waals surface area contributed by atoms with Gasteiger partial charge in [-0.05, 0) is 37.5 Å². The Kier molecular flexibility index (Phi) is 17.6. The molecule has 0 bridgehead atoms. The van der Waals surface area contributed by atoms with Crippen LogP contribution in [0.1, 0.15) is 118 Å². The van der Waals surface area contributed by atoms with Crippen LogP contribution in [-0.2, 0) is 19.1 Å². The molecule has 0 aliphatic carbocycles. The molecule has 1 atom stereocenters. The molecule has 1 unspecified atom stereocenters. The molecule has 0 rings (SSSR count). The lowest BCUT2D eigenvalue weighted by molar-refractivity contribution is -0.147. The third kappa shape index (κ3) is 15.9. The van der Waals surface area contributed by atoms with Gasteiger partial charge in [0.15, 0.2) is 0 Å². The number of hydrogen-bond donors (Lipinski definition) is 2. The fraction of sp³-hybridized carbons (Fsp3) is 0.808. The Labute approximate surface area is 194 Å². The van der Waals surface area contributed by atoms with Gasteiger partial charge in [-0.25, -0.2) is 9.59 Å². The molecule has 0 aromatic heterocycles. The molecule has 0 heterocycles. The zero-order chi connectivity index (χ0) is 24.4. The fourth-order valence-electron chi connectivity index (χ4n) is 3.98. The molecule has 0 aromatic rings. The largest absolute Gasteiger partial charge is 0.481 e. The van der Waals surface area contributed by atoms with E-state index in [4.69, 9.17) is 9.84 Å². The number of aliphatic carboxylic acids is 2. The van der Waals surface area contributed by atoms with Crippen molar-refractivity contribution in [3.8, 4) is 0 Å². The van der Waals surface area contributed by atoms with Crippen LogP contribution in [-0.4, -0.2) is 34.2 Å². The maximum absolute atomic E-state index is 12.5. The summed E-state index contributed by atoms with van der Waals surface area (Å²) in [6.07, 6.45) is 13.9. The lowest BCUT2D eigenvalue weighted by Gasteiger charge is -2.27. The first-order valence-corrected chi connectivity index (χ1v) is 12.6. The first kappa shape index (κ1) is 30.1. The standard InChI is InChI=1S/C26H46O6/c1-5-7-9-11-15-21(16-12-10-8-6-2)23(17-13-14-20(3)4)32-25(29)19-22(26(30)31)18-24(27)28/h19-21,23H,5-18H2,1-4H3,(H,27,28)(H,30,31). The molecule has 0 amide bonds. The minimum Gasteiger partial charge on any atom is -0.481 e. The molecule has 0 saturated heterocycles. The number of unbranched alkanes of at least 4 members (excludes halogenated alkanes) is 6. The van der Waals surface area contributed by atoms with Crippen molar-refractivity contribution in [2.75, 3.05) is 0 Å². The summed E-state index contributed by atoms with van der Waals surface area (Å²) in [5.74, 6) is -2.62. The average Bonchev–Trinajstić information content (AvgIpc) is 2.70. The predicted molar refractivity (Wildman–Crippen MR) is 128 cm³/mol. The van der Waals surface area contributed by atoms with Gasteiger partial charge in [-0.3, -0.25) is 4.79 Å². The topological polar surface area (TPSA) is 101 Å². The van der Waals surface area contributed by atoms with Gasteiger partial charge in [0, 0.05) is 6.08 Å². The molecule has 32 heavy (non-hydrogen) atoms. The van der Waals surface area contributed by atoms with Crippen LogP contribution in [0.15, 0.2) is 11.6 Å². The smallest absolute Gasteiger partial charge is 0.332 e. The van der Waals surface area contributed by atoms with Gasteiger partial charge in [0.05, 0.1) is 12.0 Å². The molecule has 0 saturated carbocycles. The number of hydrogen-bond acceptors (Lipinski definition) is 4. The van der Waals surface area contributed by atoms with Crippen LogP contribution in [0.3, 0.4) is 0 Å². The van der Waals surface area contributed by atoms with Gasteiger partial charge in [-0.1, -0.05) is 85.5 Å². The summed E-state index contributed by atoms with van der Waals surface area (Å²) in [6.45, 7) is 8.70. The number of carboxylic acid groups (broad SMARTS) is 2. The van der Waals surface area contributed by atoms with Crippen LogP contribution in [0.4, 0.5) is 0 Å². The Bertz CT molecular complexity index is 555. The maximum atomic E-state index is 12.5. The number of carbonyl (C=O) groups excluding carboxylic acids is 1. The molecule has 6 nitrogen and oxygen atoms in total. The summed E-state index contributed by atoms with van der Waals surface area (Å²) < 4.78 is 5.80. The molecular formula is C26H46O6. The number of carboxylic acids is 2. The van der Waals surface area contributed by atoms with E-state index in [0.717, 1.165) is 63.9 Å². The van der Waals surface area contributed by atoms with E-state index in [2.05, 4.69) is 27.7 Å². The van der Waals surface area contributed by atoms with E-state index in [9.17, 15) is 19.5 Å². The van der Waals surface area contributed by atoms with Crippen molar-refractivity contribution >= 4 is 17.9 Å². The predicted octanol–water partition coefficient (Wildman–Crippen LogP) is 6.77. The van der Waals surface area contributed by atoms with Crippen LogP contribution in [0.2, 0.25) is 0 Å². The van der Waals surface area contributed by atoms with Crippen LogP contribution < -0.4 is 0 Å². The van der Waals surface area contributed by atoms with Crippen molar-refractivity contribution in [3.63, 3.8) is 0 Å². The summed E-state index contributed by atoms with van der Waals surface area (Å²) in [5.41, 5.74) is -0.453. The highest BCUT2D eigenvalue weighted by Gasteiger charge is 2.25. The number of rotatable bonds is 20. The highest BCUT2D eigenvalue weighted by Crippen LogP contribution is 2.28. The molecule has 0 radical (unpaired) electrons. The molecule has 0 fully saturated rings. The van der Waals surface area contributed by atoms with Crippen molar-refractivity contribution in [2.24, 2.45) is 11.8 Å². The van der Waals surface area contributed by atoms with Crippen LogP contribution >= 0.6 is 0 Å². The third-order valence-electron chi connectivity index (χ3n) is 5.83. The van der Waals surface area contributed by atoms with Gasteiger partial charge in [-0.2, -0.15) is 0 Å². The summed E-state index contributed by atoms with van der Waals surface area (Å²) in [7, 11) is 0. The van der Waals surface area contributed by atoms with E-state index in [1.54, 1.807) is 0 Å². The third-order valence-corrected chi connectivity index (χ3v) is 5.83. The summed E-state index contributed by atoms with van der Waals surface area (Å²) >= 11 is 0. The van der Waals surface area contributed by atoms with Gasteiger partial charge in [0.25, 0.3) is 0 Å². The summed E-state index contributed by atoms with van der Waals surface area (Å²) in [5, 5.41) is 18.1. The second-order valence-electron chi connectivity index (χ2n) is 9.30. The van der Waals surface area contributed by atoms with Gasteiger partial charge >= 0.3 is 17.9 Å². The van der Waals surface area contributed by atoms with E-state index in [-0.39, 0.29) is 12.0 Å². The lowest BCUT2D eigenvalue weighted by Crippen LogP contribution is -2.27. The maximum Gasteiger partial charge on any atom is 0.332 e. The number of ether oxygens (including phenoxy) is 1. The van der Waals surface area contributed by atoms with Crippen LogP contribution in [0, 0.1) is 11.8 Å². The fourth-order valence-corrected chi connectivity index (χ4v) is 3.98. The highest BCUT2D eigenvalue weighted by molar-refractivity contribution is 5.98. The van der Waals surface area contributed by atoms with Crippen molar-refractivity contribution in [1.82, 2.24) is 0 Å². The lowest BCUT2D eigenvalue weighted by atomic mass is 9.86. The van der Waals surface area contributed by atoms with E-state index >= 15 is 0 Å². The molecule has 0 aromatic carbocycles. The Morgan fingerprint density at radius 3 is 1.78 bits per heavy atom. The monoisotopic (exact) mass is 454 g/mol. The summed E-state index contributed by atoms with van der Waals surface area (Å²) in [6, 6.07) is 0. The molecular weight excluding hydrogens is 408 g/mol. The molecule has 0 spiro atoms. The Morgan fingerprint density at radius 1 is 0.781 bits per heavy atom. The van der Waals surface area contributed by atoms with E-state index in [1.807, 2.05) is 0 Å².